The molecule has 1 N–H and O–H groups in total. The summed E-state index contributed by atoms with van der Waals surface area (Å²) in [4.78, 5) is 0. The van der Waals surface area contributed by atoms with Crippen LogP contribution in [0.3, 0.4) is 0 Å². The summed E-state index contributed by atoms with van der Waals surface area (Å²) in [6.07, 6.45) is 2.68. The largest absolute Gasteiger partial charge is 2.00 e. The summed E-state index contributed by atoms with van der Waals surface area (Å²) in [6.45, 7) is 31.4. The fraction of sp³-hybridized carbons (Fsp3) is 1.00. The Morgan fingerprint density at radius 3 is 0.875 bits per heavy atom. The van der Waals surface area contributed by atoms with Crippen molar-refractivity contribution in [1.29, 1.82) is 0 Å². The molecule has 0 aromatic rings. The second-order valence-electron chi connectivity index (χ2n) is 10.7. The van der Waals surface area contributed by atoms with Crippen molar-refractivity contribution >= 4 is 15.8 Å². The Balaban J connectivity index is 0. The molecule has 0 radical (unpaired) electrons. The minimum Gasteiger partial charge on any atom is -0.316 e. The first-order chi connectivity index (χ1) is 9.97. The number of nitrogens with one attached hydrogen (secondary N) is 1. The van der Waals surface area contributed by atoms with Crippen LogP contribution >= 0.6 is 15.8 Å². The Bertz CT molecular complexity index is 281. The van der Waals surface area contributed by atoms with Gasteiger partial charge in [0.2, 0.25) is 0 Å². The second kappa shape index (κ2) is 10.1. The van der Waals surface area contributed by atoms with Crippen LogP contribution in [0.1, 0.15) is 83.1 Å². The van der Waals surface area contributed by atoms with Crippen LogP contribution in [0.25, 0.3) is 0 Å². The first kappa shape index (κ1) is 27.7. The molecule has 0 aliphatic carbocycles. The fourth-order valence-corrected chi connectivity index (χ4v) is 11.3. The van der Waals surface area contributed by atoms with E-state index in [1.165, 1.54) is 25.4 Å². The van der Waals surface area contributed by atoms with Crippen molar-refractivity contribution in [3.8, 4) is 0 Å². The zero-order valence-corrected chi connectivity index (χ0v) is 22.1. The van der Waals surface area contributed by atoms with Crippen molar-refractivity contribution in [2.75, 3.05) is 25.4 Å². The molecule has 0 aliphatic rings. The van der Waals surface area contributed by atoms with E-state index in [1.54, 1.807) is 0 Å². The predicted molar refractivity (Wildman–Crippen MR) is 115 cm³/mol. The zero-order valence-electron chi connectivity index (χ0n) is 18.6. The smallest absolute Gasteiger partial charge is 0.316 e. The molecule has 146 valence electrons. The van der Waals surface area contributed by atoms with Gasteiger partial charge in [-0.2, -0.15) is 0 Å². The Hall–Kier alpha value is 1.44. The summed E-state index contributed by atoms with van der Waals surface area (Å²) in [6, 6.07) is 0. The van der Waals surface area contributed by atoms with Crippen molar-refractivity contribution in [2.24, 2.45) is 0 Å². The number of hydrogen-bond donors (Lipinski definition) is 1. The van der Waals surface area contributed by atoms with Crippen molar-refractivity contribution in [3.63, 3.8) is 0 Å². The van der Waals surface area contributed by atoms with Crippen molar-refractivity contribution in [3.05, 3.63) is 0 Å². The van der Waals surface area contributed by atoms with E-state index in [0.717, 1.165) is 0 Å². The van der Waals surface area contributed by atoms with E-state index in [9.17, 15) is 0 Å². The molecular weight excluding hydrogens is 417 g/mol. The van der Waals surface area contributed by atoms with Gasteiger partial charge in [-0.1, -0.05) is 98.9 Å². The van der Waals surface area contributed by atoms with Crippen LogP contribution in [0.5, 0.6) is 0 Å². The standard InChI is InChI=1S/C20H45NP2.Ru/c1-17(2,3)22(18(4,5)6)15-13-21-14-16-23(19(7,8)9)20(10,11)12;/h21H,13-16H2,1-12H3;/q;+2. The molecule has 24 heavy (non-hydrogen) atoms. The molecular formula is C20H45NP2Ru+2. The van der Waals surface area contributed by atoms with Gasteiger partial charge in [-0.25, -0.2) is 0 Å². The van der Waals surface area contributed by atoms with Crippen molar-refractivity contribution in [2.45, 2.75) is 104 Å². The first-order valence-corrected chi connectivity index (χ1v) is 12.3. The van der Waals surface area contributed by atoms with E-state index in [2.05, 4.69) is 88.4 Å². The van der Waals surface area contributed by atoms with Crippen molar-refractivity contribution < 1.29 is 19.5 Å². The molecule has 0 spiro atoms. The summed E-state index contributed by atoms with van der Waals surface area (Å²) in [5.74, 6) is 0. The molecule has 0 aliphatic heterocycles. The van der Waals surface area contributed by atoms with Gasteiger partial charge in [-0.05, 0) is 46.0 Å². The average molecular weight is 463 g/mol. The molecule has 4 heteroatoms. The predicted octanol–water partition coefficient (Wildman–Crippen LogP) is 6.73. The van der Waals surface area contributed by atoms with E-state index in [4.69, 9.17) is 0 Å². The van der Waals surface area contributed by atoms with Crippen LogP contribution < -0.4 is 5.32 Å². The van der Waals surface area contributed by atoms with E-state index < -0.39 is 0 Å². The number of hydrogen-bond acceptors (Lipinski definition) is 1. The van der Waals surface area contributed by atoms with Crippen LogP contribution in [0.15, 0.2) is 0 Å². The summed E-state index contributed by atoms with van der Waals surface area (Å²) >= 11 is 0. The fourth-order valence-electron chi connectivity index (χ4n) is 3.86. The maximum absolute atomic E-state index is 3.77. The van der Waals surface area contributed by atoms with E-state index in [1.807, 2.05) is 0 Å². The third kappa shape index (κ3) is 10.6. The van der Waals surface area contributed by atoms with Gasteiger partial charge in [0.1, 0.15) is 0 Å². The summed E-state index contributed by atoms with van der Waals surface area (Å²) < 4.78 is 0. The summed E-state index contributed by atoms with van der Waals surface area (Å²) in [5.41, 5.74) is 0. The molecule has 0 heterocycles. The Morgan fingerprint density at radius 1 is 0.500 bits per heavy atom. The molecule has 0 amide bonds. The third-order valence-corrected chi connectivity index (χ3v) is 12.1. The van der Waals surface area contributed by atoms with Gasteiger partial charge in [0.25, 0.3) is 0 Å². The Labute approximate surface area is 169 Å². The molecule has 0 saturated heterocycles. The molecule has 0 aromatic heterocycles. The molecule has 0 fully saturated rings. The molecule has 0 saturated carbocycles. The van der Waals surface area contributed by atoms with Gasteiger partial charge in [0.05, 0.1) is 0 Å². The monoisotopic (exact) mass is 463 g/mol. The van der Waals surface area contributed by atoms with E-state index in [-0.39, 0.29) is 35.3 Å². The van der Waals surface area contributed by atoms with Gasteiger partial charge in [0.15, 0.2) is 0 Å². The SMILES string of the molecule is CC(C)(C)P(CCNCCP(C(C)(C)C)C(C)(C)C)C(C)(C)C.[Ru+2]. The minimum atomic E-state index is 0. The average Bonchev–Trinajstić information content (AvgIpc) is 2.19. The van der Waals surface area contributed by atoms with Crippen LogP contribution in [0.2, 0.25) is 0 Å². The molecule has 1 nitrogen and oxygen atoms in total. The Morgan fingerprint density at radius 2 is 0.708 bits per heavy atom. The maximum atomic E-state index is 3.77. The van der Waals surface area contributed by atoms with Crippen LogP contribution in [-0.4, -0.2) is 46.0 Å². The minimum absolute atomic E-state index is 0. The summed E-state index contributed by atoms with van der Waals surface area (Å²) in [7, 11) is 0.0459. The van der Waals surface area contributed by atoms with Gasteiger partial charge >= 0.3 is 19.5 Å². The quantitative estimate of drug-likeness (QED) is 0.262. The first-order valence-electron chi connectivity index (χ1n) is 9.23. The van der Waals surface area contributed by atoms with Crippen LogP contribution in [0.4, 0.5) is 0 Å². The van der Waals surface area contributed by atoms with Gasteiger partial charge in [0, 0.05) is 0 Å². The van der Waals surface area contributed by atoms with Gasteiger partial charge in [-0.3, -0.25) is 0 Å². The maximum Gasteiger partial charge on any atom is 2.00 e. The topological polar surface area (TPSA) is 12.0 Å². The molecule has 0 unspecified atom stereocenters. The molecule has 0 bridgehead atoms. The normalized spacial score (nSPS) is 14.2. The van der Waals surface area contributed by atoms with Crippen LogP contribution in [-0.2, 0) is 19.5 Å². The molecule has 0 aromatic carbocycles. The molecule has 0 rings (SSSR count). The van der Waals surface area contributed by atoms with E-state index >= 15 is 0 Å². The zero-order chi connectivity index (χ0) is 18.7. The van der Waals surface area contributed by atoms with E-state index in [0.29, 0.717) is 20.6 Å². The molecule has 0 atom stereocenters. The van der Waals surface area contributed by atoms with Crippen molar-refractivity contribution in [1.82, 2.24) is 5.32 Å². The summed E-state index contributed by atoms with van der Waals surface area (Å²) in [5, 5.41) is 5.54. The van der Waals surface area contributed by atoms with Crippen LogP contribution in [0, 0.1) is 0 Å². The van der Waals surface area contributed by atoms with Gasteiger partial charge < -0.3 is 5.32 Å². The number of rotatable bonds is 6. The van der Waals surface area contributed by atoms with Gasteiger partial charge in [-0.15, -0.1) is 0 Å². The third-order valence-electron chi connectivity index (χ3n) is 4.26. The Kier molecular flexibility index (Phi) is 11.7. The second-order valence-corrected chi connectivity index (χ2v) is 18.7.